The standard InChI is InChI=1S/C12H22N2O4/c13-10(4-5-11(16)17)12(18)14-7-8-2-1-3-9(15)6-8/h8-10,15H,1-7,13H2,(H,14,18)(H,16,17). The van der Waals surface area contributed by atoms with Crippen molar-refractivity contribution in [1.29, 1.82) is 0 Å². The molecule has 0 bridgehead atoms. The number of carbonyl (C=O) groups is 2. The molecule has 0 aliphatic heterocycles. The van der Waals surface area contributed by atoms with Gasteiger partial charge >= 0.3 is 5.97 Å². The van der Waals surface area contributed by atoms with Gasteiger partial charge in [-0.15, -0.1) is 0 Å². The highest BCUT2D eigenvalue weighted by molar-refractivity contribution is 5.82. The monoisotopic (exact) mass is 258 g/mol. The average molecular weight is 258 g/mol. The van der Waals surface area contributed by atoms with E-state index >= 15 is 0 Å². The lowest BCUT2D eigenvalue weighted by Gasteiger charge is -2.26. The van der Waals surface area contributed by atoms with Crippen molar-refractivity contribution < 1.29 is 19.8 Å². The molecule has 0 saturated heterocycles. The lowest BCUT2D eigenvalue weighted by atomic mass is 9.87. The van der Waals surface area contributed by atoms with E-state index < -0.39 is 12.0 Å². The van der Waals surface area contributed by atoms with Gasteiger partial charge in [-0.1, -0.05) is 6.42 Å². The van der Waals surface area contributed by atoms with Crippen molar-refractivity contribution in [1.82, 2.24) is 5.32 Å². The smallest absolute Gasteiger partial charge is 0.303 e. The maximum Gasteiger partial charge on any atom is 0.303 e. The molecule has 1 amide bonds. The predicted molar refractivity (Wildman–Crippen MR) is 65.8 cm³/mol. The fourth-order valence-electron chi connectivity index (χ4n) is 2.23. The van der Waals surface area contributed by atoms with Crippen LogP contribution in [0.15, 0.2) is 0 Å². The molecule has 0 aromatic rings. The van der Waals surface area contributed by atoms with Crippen LogP contribution >= 0.6 is 0 Å². The van der Waals surface area contributed by atoms with Gasteiger partial charge in [0.05, 0.1) is 12.1 Å². The first kappa shape index (κ1) is 14.9. The molecule has 6 nitrogen and oxygen atoms in total. The first-order valence-corrected chi connectivity index (χ1v) is 6.42. The Labute approximate surface area is 107 Å². The fraction of sp³-hybridized carbons (Fsp3) is 0.833. The molecule has 0 aromatic heterocycles. The summed E-state index contributed by atoms with van der Waals surface area (Å²) in [4.78, 5) is 21.9. The van der Waals surface area contributed by atoms with Gasteiger partial charge in [0.25, 0.3) is 0 Å². The molecule has 0 heterocycles. The molecule has 3 unspecified atom stereocenters. The molecule has 1 aliphatic rings. The predicted octanol–water partition coefficient (Wildman–Crippen LogP) is -0.154. The van der Waals surface area contributed by atoms with Crippen LogP contribution in [0.5, 0.6) is 0 Å². The van der Waals surface area contributed by atoms with Crippen LogP contribution in [0.4, 0.5) is 0 Å². The third-order valence-electron chi connectivity index (χ3n) is 3.33. The van der Waals surface area contributed by atoms with E-state index in [0.29, 0.717) is 18.9 Å². The van der Waals surface area contributed by atoms with Crippen LogP contribution in [-0.4, -0.2) is 40.8 Å². The molecule has 3 atom stereocenters. The Balaban J connectivity index is 2.21. The topological polar surface area (TPSA) is 113 Å². The number of nitrogens with two attached hydrogens (primary N) is 1. The summed E-state index contributed by atoms with van der Waals surface area (Å²) in [6.07, 6.45) is 3.31. The van der Waals surface area contributed by atoms with Gasteiger partial charge in [0.2, 0.25) is 5.91 Å². The normalized spacial score (nSPS) is 25.4. The molecule has 1 fully saturated rings. The number of aliphatic hydroxyl groups is 1. The number of amides is 1. The van der Waals surface area contributed by atoms with Crippen molar-refractivity contribution in [2.24, 2.45) is 11.7 Å². The SMILES string of the molecule is NC(CCC(=O)O)C(=O)NCC1CCCC(O)C1. The van der Waals surface area contributed by atoms with E-state index in [2.05, 4.69) is 5.32 Å². The maximum atomic E-state index is 11.6. The van der Waals surface area contributed by atoms with Gasteiger partial charge in [-0.2, -0.15) is 0 Å². The van der Waals surface area contributed by atoms with Crippen molar-refractivity contribution in [3.05, 3.63) is 0 Å². The Morgan fingerprint density at radius 1 is 1.39 bits per heavy atom. The Morgan fingerprint density at radius 2 is 2.11 bits per heavy atom. The minimum atomic E-state index is -0.950. The van der Waals surface area contributed by atoms with Crippen LogP contribution in [0.2, 0.25) is 0 Å². The average Bonchev–Trinajstić information content (AvgIpc) is 2.33. The molecular weight excluding hydrogens is 236 g/mol. The molecule has 1 saturated carbocycles. The van der Waals surface area contributed by atoms with Crippen LogP contribution in [-0.2, 0) is 9.59 Å². The second-order valence-corrected chi connectivity index (χ2v) is 4.97. The summed E-state index contributed by atoms with van der Waals surface area (Å²) in [6.45, 7) is 0.511. The number of carbonyl (C=O) groups excluding carboxylic acids is 1. The lowest BCUT2D eigenvalue weighted by Crippen LogP contribution is -2.43. The van der Waals surface area contributed by atoms with Gasteiger partial charge in [0.15, 0.2) is 0 Å². The van der Waals surface area contributed by atoms with Crippen LogP contribution in [0.3, 0.4) is 0 Å². The van der Waals surface area contributed by atoms with Crippen LogP contribution < -0.4 is 11.1 Å². The van der Waals surface area contributed by atoms with E-state index in [-0.39, 0.29) is 24.9 Å². The molecule has 104 valence electrons. The van der Waals surface area contributed by atoms with E-state index in [4.69, 9.17) is 10.8 Å². The Hall–Kier alpha value is -1.14. The Kier molecular flexibility index (Phi) is 6.07. The fourth-order valence-corrected chi connectivity index (χ4v) is 2.23. The zero-order valence-corrected chi connectivity index (χ0v) is 10.5. The lowest BCUT2D eigenvalue weighted by molar-refractivity contribution is -0.137. The van der Waals surface area contributed by atoms with Crippen LogP contribution in [0, 0.1) is 5.92 Å². The Morgan fingerprint density at radius 3 is 2.72 bits per heavy atom. The van der Waals surface area contributed by atoms with Gasteiger partial charge in [-0.05, 0) is 31.6 Å². The van der Waals surface area contributed by atoms with E-state index in [0.717, 1.165) is 19.3 Å². The summed E-state index contributed by atoms with van der Waals surface area (Å²) < 4.78 is 0. The van der Waals surface area contributed by atoms with Crippen LogP contribution in [0.1, 0.15) is 38.5 Å². The first-order valence-electron chi connectivity index (χ1n) is 6.42. The van der Waals surface area contributed by atoms with Gasteiger partial charge in [0, 0.05) is 13.0 Å². The van der Waals surface area contributed by atoms with Crippen molar-refractivity contribution in [3.63, 3.8) is 0 Å². The number of hydrogen-bond donors (Lipinski definition) is 4. The zero-order valence-electron chi connectivity index (χ0n) is 10.5. The van der Waals surface area contributed by atoms with E-state index in [1.54, 1.807) is 0 Å². The molecular formula is C12H22N2O4. The summed E-state index contributed by atoms with van der Waals surface area (Å²) in [6, 6.07) is -0.769. The van der Waals surface area contributed by atoms with E-state index in [1.165, 1.54) is 0 Å². The second-order valence-electron chi connectivity index (χ2n) is 4.97. The number of carboxylic acid groups (broad SMARTS) is 1. The number of aliphatic carboxylic acids is 1. The summed E-state index contributed by atoms with van der Waals surface area (Å²) in [5, 5.41) is 20.7. The molecule has 6 heteroatoms. The minimum Gasteiger partial charge on any atom is -0.481 e. The van der Waals surface area contributed by atoms with E-state index in [1.807, 2.05) is 0 Å². The van der Waals surface area contributed by atoms with Gasteiger partial charge in [0.1, 0.15) is 0 Å². The van der Waals surface area contributed by atoms with Crippen molar-refractivity contribution >= 4 is 11.9 Å². The highest BCUT2D eigenvalue weighted by Gasteiger charge is 2.21. The number of nitrogens with one attached hydrogen (secondary N) is 1. The number of aliphatic hydroxyl groups excluding tert-OH is 1. The van der Waals surface area contributed by atoms with E-state index in [9.17, 15) is 14.7 Å². The molecule has 1 aliphatic carbocycles. The van der Waals surface area contributed by atoms with Crippen molar-refractivity contribution in [3.8, 4) is 0 Å². The zero-order chi connectivity index (χ0) is 13.5. The molecule has 18 heavy (non-hydrogen) atoms. The molecule has 0 radical (unpaired) electrons. The summed E-state index contributed by atoms with van der Waals surface area (Å²) in [5.74, 6) is -0.964. The number of hydrogen-bond acceptors (Lipinski definition) is 4. The highest BCUT2D eigenvalue weighted by Crippen LogP contribution is 2.23. The van der Waals surface area contributed by atoms with Crippen molar-refractivity contribution in [2.45, 2.75) is 50.7 Å². The maximum absolute atomic E-state index is 11.6. The quantitative estimate of drug-likeness (QED) is 0.529. The number of rotatable bonds is 6. The largest absolute Gasteiger partial charge is 0.481 e. The molecule has 1 rings (SSSR count). The second kappa shape index (κ2) is 7.33. The third-order valence-corrected chi connectivity index (χ3v) is 3.33. The molecule has 5 N–H and O–H groups in total. The summed E-state index contributed by atoms with van der Waals surface area (Å²) in [5.41, 5.74) is 5.58. The minimum absolute atomic E-state index is 0.100. The van der Waals surface area contributed by atoms with Gasteiger partial charge < -0.3 is 21.3 Å². The Bertz CT molecular complexity index is 296. The number of carboxylic acids is 1. The van der Waals surface area contributed by atoms with Gasteiger partial charge in [-0.25, -0.2) is 0 Å². The van der Waals surface area contributed by atoms with Crippen LogP contribution in [0.25, 0.3) is 0 Å². The highest BCUT2D eigenvalue weighted by atomic mass is 16.4. The van der Waals surface area contributed by atoms with Crippen molar-refractivity contribution in [2.75, 3.05) is 6.54 Å². The molecule has 0 spiro atoms. The molecule has 0 aromatic carbocycles. The summed E-state index contributed by atoms with van der Waals surface area (Å²) in [7, 11) is 0. The first-order chi connectivity index (χ1) is 8.49. The summed E-state index contributed by atoms with van der Waals surface area (Å²) >= 11 is 0. The third kappa shape index (κ3) is 5.46. The van der Waals surface area contributed by atoms with Gasteiger partial charge in [-0.3, -0.25) is 9.59 Å².